The van der Waals surface area contributed by atoms with Crippen LogP contribution in [0.15, 0.2) is 24.3 Å². The van der Waals surface area contributed by atoms with Gasteiger partial charge < -0.3 is 20.6 Å². The van der Waals surface area contributed by atoms with Gasteiger partial charge in [-0.25, -0.2) is 9.18 Å². The zero-order valence-corrected chi connectivity index (χ0v) is 16.0. The van der Waals surface area contributed by atoms with E-state index in [-0.39, 0.29) is 30.5 Å². The number of hydrogen-bond donors (Lipinski definition) is 3. The van der Waals surface area contributed by atoms with E-state index in [1.165, 1.54) is 44.4 Å². The Bertz CT molecular complexity index is 582. The topological polar surface area (TPSA) is 64.6 Å². The van der Waals surface area contributed by atoms with Gasteiger partial charge in [-0.15, -0.1) is 0 Å². The highest BCUT2D eigenvalue weighted by molar-refractivity contribution is 5.74. The molecule has 1 aliphatic carbocycles. The molecule has 1 saturated heterocycles. The highest BCUT2D eigenvalue weighted by Crippen LogP contribution is 2.26. The first-order valence-electron chi connectivity index (χ1n) is 10.3. The highest BCUT2D eigenvalue weighted by atomic mass is 19.1. The Hall–Kier alpha value is -1.66. The van der Waals surface area contributed by atoms with E-state index in [4.69, 9.17) is 0 Å². The molecule has 3 rings (SSSR count). The zero-order chi connectivity index (χ0) is 19.1. The maximum absolute atomic E-state index is 13.0. The van der Waals surface area contributed by atoms with Gasteiger partial charge in [0.15, 0.2) is 0 Å². The Morgan fingerprint density at radius 1 is 1.15 bits per heavy atom. The van der Waals surface area contributed by atoms with E-state index < -0.39 is 0 Å². The molecule has 0 radical (unpaired) electrons. The number of halogens is 1. The fourth-order valence-corrected chi connectivity index (χ4v) is 4.30. The van der Waals surface area contributed by atoms with Crippen molar-refractivity contribution in [2.45, 2.75) is 57.0 Å². The molecule has 1 unspecified atom stereocenters. The monoisotopic (exact) mass is 377 g/mol. The minimum atomic E-state index is -0.377. The molecule has 6 heteroatoms. The summed E-state index contributed by atoms with van der Waals surface area (Å²) in [5.41, 5.74) is 0.885. The van der Waals surface area contributed by atoms with E-state index in [0.29, 0.717) is 6.42 Å². The van der Waals surface area contributed by atoms with Crippen molar-refractivity contribution in [3.05, 3.63) is 35.6 Å². The molecule has 2 fully saturated rings. The van der Waals surface area contributed by atoms with E-state index in [9.17, 15) is 14.3 Å². The average Bonchev–Trinajstić information content (AvgIpc) is 3.17. The molecule has 27 heavy (non-hydrogen) atoms. The number of amides is 2. The first kappa shape index (κ1) is 20.1. The van der Waals surface area contributed by atoms with Crippen LogP contribution in [0.4, 0.5) is 9.18 Å². The van der Waals surface area contributed by atoms with Crippen LogP contribution in [-0.4, -0.2) is 54.4 Å². The molecule has 1 atom stereocenters. The fourth-order valence-electron chi connectivity index (χ4n) is 4.30. The molecule has 1 saturated carbocycles. The lowest BCUT2D eigenvalue weighted by molar-refractivity contribution is 0.169. The van der Waals surface area contributed by atoms with Crippen LogP contribution in [0.5, 0.6) is 0 Å². The number of piperidine rings is 1. The van der Waals surface area contributed by atoms with Crippen molar-refractivity contribution in [2.24, 2.45) is 5.92 Å². The first-order valence-corrected chi connectivity index (χ1v) is 10.3. The number of benzene rings is 1. The van der Waals surface area contributed by atoms with Crippen LogP contribution in [0.25, 0.3) is 0 Å². The van der Waals surface area contributed by atoms with Gasteiger partial charge in [0.2, 0.25) is 0 Å². The van der Waals surface area contributed by atoms with Crippen molar-refractivity contribution in [1.82, 2.24) is 15.5 Å². The van der Waals surface area contributed by atoms with E-state index in [1.54, 1.807) is 12.1 Å². The molecule has 150 valence electrons. The molecule has 1 aromatic carbocycles. The number of carbonyl (C=O) groups is 1. The smallest absolute Gasteiger partial charge is 0.315 e. The van der Waals surface area contributed by atoms with Crippen LogP contribution >= 0.6 is 0 Å². The van der Waals surface area contributed by atoms with E-state index >= 15 is 0 Å². The third-order valence-electron chi connectivity index (χ3n) is 5.86. The normalized spacial score (nSPS) is 20.5. The number of likely N-dealkylation sites (tertiary alicyclic amines) is 1. The van der Waals surface area contributed by atoms with Gasteiger partial charge in [0.05, 0.1) is 12.6 Å². The fraction of sp³-hybridized carbons (Fsp3) is 0.667. The first-order chi connectivity index (χ1) is 13.1. The predicted molar refractivity (Wildman–Crippen MR) is 104 cm³/mol. The number of aliphatic hydroxyl groups excluding tert-OH is 1. The number of rotatable bonds is 7. The number of urea groups is 1. The number of carbonyl (C=O) groups excluding carboxylic acids is 1. The molecule has 5 nitrogen and oxygen atoms in total. The lowest BCUT2D eigenvalue weighted by Gasteiger charge is -2.34. The molecule has 1 aliphatic heterocycles. The summed E-state index contributed by atoms with van der Waals surface area (Å²) in [7, 11) is 0. The van der Waals surface area contributed by atoms with Crippen LogP contribution in [0.2, 0.25) is 0 Å². The molecule has 3 N–H and O–H groups in total. The lowest BCUT2D eigenvalue weighted by Crippen LogP contribution is -2.51. The molecular weight excluding hydrogens is 345 g/mol. The summed E-state index contributed by atoms with van der Waals surface area (Å²) in [4.78, 5) is 14.8. The maximum atomic E-state index is 13.0. The minimum absolute atomic E-state index is 0.148. The van der Waals surface area contributed by atoms with Gasteiger partial charge in [0.1, 0.15) is 5.82 Å². The Morgan fingerprint density at radius 2 is 1.81 bits per heavy atom. The van der Waals surface area contributed by atoms with Crippen molar-refractivity contribution in [3.8, 4) is 0 Å². The Labute approximate surface area is 161 Å². The molecule has 2 amide bonds. The third-order valence-corrected chi connectivity index (χ3v) is 5.86. The average molecular weight is 378 g/mol. The van der Waals surface area contributed by atoms with Crippen LogP contribution in [0, 0.1) is 11.7 Å². The standard InChI is InChI=1S/C21H32FN3O2/c22-18-7-5-16(6-8-18)13-20(15-26)24-21(27)23-19-9-11-25(12-10-19)14-17-3-1-2-4-17/h5-8,17,19-20,26H,1-4,9-15H2,(H2,23,24,27). The molecule has 2 aliphatic rings. The van der Waals surface area contributed by atoms with Crippen molar-refractivity contribution >= 4 is 6.03 Å². The third kappa shape index (κ3) is 6.47. The van der Waals surface area contributed by atoms with Gasteiger partial charge >= 0.3 is 6.03 Å². The van der Waals surface area contributed by atoms with Crippen molar-refractivity contribution in [3.63, 3.8) is 0 Å². The van der Waals surface area contributed by atoms with Crippen molar-refractivity contribution < 1.29 is 14.3 Å². The van der Waals surface area contributed by atoms with Crippen molar-refractivity contribution in [1.29, 1.82) is 0 Å². The van der Waals surface area contributed by atoms with Gasteiger partial charge in [-0.3, -0.25) is 0 Å². The molecular formula is C21H32FN3O2. The van der Waals surface area contributed by atoms with Crippen LogP contribution in [0.3, 0.4) is 0 Å². The number of nitrogens with zero attached hydrogens (tertiary/aromatic N) is 1. The minimum Gasteiger partial charge on any atom is -0.394 e. The largest absolute Gasteiger partial charge is 0.394 e. The van der Waals surface area contributed by atoms with E-state index in [1.807, 2.05) is 0 Å². The summed E-state index contributed by atoms with van der Waals surface area (Å²) in [6.45, 7) is 3.15. The van der Waals surface area contributed by atoms with Crippen LogP contribution < -0.4 is 10.6 Å². The molecule has 0 bridgehead atoms. The van der Waals surface area contributed by atoms with Gasteiger partial charge in [-0.2, -0.15) is 0 Å². The molecule has 1 heterocycles. The van der Waals surface area contributed by atoms with E-state index in [0.717, 1.165) is 37.4 Å². The quantitative estimate of drug-likeness (QED) is 0.685. The molecule has 1 aromatic rings. The van der Waals surface area contributed by atoms with Gasteiger partial charge in [-0.1, -0.05) is 25.0 Å². The van der Waals surface area contributed by atoms with Crippen molar-refractivity contribution in [2.75, 3.05) is 26.2 Å². The Morgan fingerprint density at radius 3 is 2.44 bits per heavy atom. The predicted octanol–water partition coefficient (Wildman–Crippen LogP) is 2.68. The summed E-state index contributed by atoms with van der Waals surface area (Å²) >= 11 is 0. The van der Waals surface area contributed by atoms with Crippen LogP contribution in [-0.2, 0) is 6.42 Å². The SMILES string of the molecule is O=C(NC1CCN(CC2CCCC2)CC1)NC(CO)Cc1ccc(F)cc1. The summed E-state index contributed by atoms with van der Waals surface area (Å²) in [5.74, 6) is 0.582. The number of aliphatic hydroxyl groups is 1. The second-order valence-corrected chi connectivity index (χ2v) is 8.05. The van der Waals surface area contributed by atoms with Crippen LogP contribution in [0.1, 0.15) is 44.1 Å². The zero-order valence-electron chi connectivity index (χ0n) is 16.0. The second-order valence-electron chi connectivity index (χ2n) is 8.05. The van der Waals surface area contributed by atoms with Gasteiger partial charge in [0.25, 0.3) is 0 Å². The Balaban J connectivity index is 1.37. The summed E-state index contributed by atoms with van der Waals surface area (Å²) < 4.78 is 13.0. The van der Waals surface area contributed by atoms with Gasteiger partial charge in [0, 0.05) is 25.7 Å². The number of hydrogen-bond acceptors (Lipinski definition) is 3. The molecule has 0 aromatic heterocycles. The summed E-state index contributed by atoms with van der Waals surface area (Å²) in [6.07, 6.45) is 7.93. The lowest BCUT2D eigenvalue weighted by atomic mass is 10.0. The second kappa shape index (κ2) is 10.0. The maximum Gasteiger partial charge on any atom is 0.315 e. The Kier molecular flexibility index (Phi) is 7.47. The molecule has 0 spiro atoms. The number of nitrogens with one attached hydrogen (secondary N) is 2. The highest BCUT2D eigenvalue weighted by Gasteiger charge is 2.24. The van der Waals surface area contributed by atoms with Gasteiger partial charge in [-0.05, 0) is 55.7 Å². The van der Waals surface area contributed by atoms with E-state index in [2.05, 4.69) is 15.5 Å². The summed E-state index contributed by atoms with van der Waals surface area (Å²) in [6, 6.07) is 5.72. The summed E-state index contributed by atoms with van der Waals surface area (Å²) in [5, 5.41) is 15.4.